The van der Waals surface area contributed by atoms with Crippen molar-refractivity contribution in [2.45, 2.75) is 52.6 Å². The number of nitrogens with one attached hydrogen (secondary N) is 1. The molecule has 1 atom stereocenters. The lowest BCUT2D eigenvalue weighted by molar-refractivity contribution is -0.116. The topological polar surface area (TPSA) is 58.4 Å². The number of anilines is 1. The van der Waals surface area contributed by atoms with Gasteiger partial charge in [-0.3, -0.25) is 4.79 Å². The molecule has 1 aromatic carbocycles. The normalized spacial score (nSPS) is 12.4. The first kappa shape index (κ1) is 17.7. The number of carbonyl (C=O) groups is 1. The first-order valence-corrected chi connectivity index (χ1v) is 7.94. The molecule has 4 nitrogen and oxygen atoms in total. The Balaban J connectivity index is 2.40. The van der Waals surface area contributed by atoms with Crippen LogP contribution >= 0.6 is 0 Å². The largest absolute Gasteiger partial charge is 0.326 e. The van der Waals surface area contributed by atoms with Crippen LogP contribution < -0.4 is 11.1 Å². The molecule has 1 rings (SSSR count). The standard InChI is InChI=1S/C17H29N3O/c1-4-14(3)20(5-2)12-8-11-17(21)19-16-10-7-6-9-15(16)13-18/h6-7,9-10,14H,4-5,8,11-13,18H2,1-3H3,(H,19,21). The van der Waals surface area contributed by atoms with Gasteiger partial charge in [-0.25, -0.2) is 0 Å². The number of benzene rings is 1. The molecule has 3 N–H and O–H groups in total. The van der Waals surface area contributed by atoms with E-state index < -0.39 is 0 Å². The Labute approximate surface area is 128 Å². The van der Waals surface area contributed by atoms with Crippen LogP contribution in [0.15, 0.2) is 24.3 Å². The van der Waals surface area contributed by atoms with Crippen LogP contribution in [0, 0.1) is 0 Å². The first-order chi connectivity index (χ1) is 10.1. The molecule has 0 fully saturated rings. The molecular weight excluding hydrogens is 262 g/mol. The van der Waals surface area contributed by atoms with E-state index in [-0.39, 0.29) is 5.91 Å². The van der Waals surface area contributed by atoms with Crippen LogP contribution in [0.2, 0.25) is 0 Å². The molecule has 0 aliphatic heterocycles. The third-order valence-electron chi connectivity index (χ3n) is 3.98. The van der Waals surface area contributed by atoms with Crippen molar-refractivity contribution in [2.75, 3.05) is 18.4 Å². The average Bonchev–Trinajstić information content (AvgIpc) is 2.51. The van der Waals surface area contributed by atoms with Crippen LogP contribution in [0.4, 0.5) is 5.69 Å². The van der Waals surface area contributed by atoms with Crippen molar-refractivity contribution in [2.24, 2.45) is 5.73 Å². The molecule has 0 saturated carbocycles. The Kier molecular flexibility index (Phi) is 8.01. The number of hydrogen-bond acceptors (Lipinski definition) is 3. The van der Waals surface area contributed by atoms with Gasteiger partial charge in [-0.05, 0) is 44.5 Å². The SMILES string of the molecule is CCC(C)N(CC)CCCC(=O)Nc1ccccc1CN. The lowest BCUT2D eigenvalue weighted by Gasteiger charge is -2.26. The average molecular weight is 291 g/mol. The predicted molar refractivity (Wildman–Crippen MR) is 89.2 cm³/mol. The Morgan fingerprint density at radius 3 is 2.67 bits per heavy atom. The zero-order valence-electron chi connectivity index (χ0n) is 13.6. The number of nitrogens with zero attached hydrogens (tertiary/aromatic N) is 1. The zero-order chi connectivity index (χ0) is 15.7. The van der Waals surface area contributed by atoms with Gasteiger partial charge in [0.1, 0.15) is 0 Å². The highest BCUT2D eigenvalue weighted by Gasteiger charge is 2.11. The van der Waals surface area contributed by atoms with Crippen LogP contribution in [0.25, 0.3) is 0 Å². The number of hydrogen-bond donors (Lipinski definition) is 2. The van der Waals surface area contributed by atoms with Crippen molar-refractivity contribution in [3.63, 3.8) is 0 Å². The van der Waals surface area contributed by atoms with Crippen LogP contribution in [0.3, 0.4) is 0 Å². The third kappa shape index (κ3) is 5.86. The monoisotopic (exact) mass is 291 g/mol. The van der Waals surface area contributed by atoms with E-state index >= 15 is 0 Å². The third-order valence-corrected chi connectivity index (χ3v) is 3.98. The van der Waals surface area contributed by atoms with Gasteiger partial charge in [-0.1, -0.05) is 32.0 Å². The Hall–Kier alpha value is -1.39. The summed E-state index contributed by atoms with van der Waals surface area (Å²) in [6, 6.07) is 8.27. The molecule has 0 radical (unpaired) electrons. The minimum Gasteiger partial charge on any atom is -0.326 e. The Morgan fingerprint density at radius 2 is 2.05 bits per heavy atom. The fraction of sp³-hybridized carbons (Fsp3) is 0.588. The van der Waals surface area contributed by atoms with Gasteiger partial charge in [0.2, 0.25) is 5.91 Å². The second-order valence-electron chi connectivity index (χ2n) is 5.40. The van der Waals surface area contributed by atoms with E-state index in [0.717, 1.165) is 37.2 Å². The molecule has 0 saturated heterocycles. The molecule has 0 bridgehead atoms. The van der Waals surface area contributed by atoms with Crippen molar-refractivity contribution >= 4 is 11.6 Å². The van der Waals surface area contributed by atoms with Gasteiger partial charge in [-0.2, -0.15) is 0 Å². The maximum atomic E-state index is 12.0. The van der Waals surface area contributed by atoms with Crippen LogP contribution in [-0.2, 0) is 11.3 Å². The van der Waals surface area contributed by atoms with Crippen LogP contribution in [-0.4, -0.2) is 29.9 Å². The summed E-state index contributed by atoms with van der Waals surface area (Å²) in [6.07, 6.45) is 2.57. The number of nitrogens with two attached hydrogens (primary N) is 1. The number of rotatable bonds is 9. The van der Waals surface area contributed by atoms with Crippen molar-refractivity contribution < 1.29 is 4.79 Å². The van der Waals surface area contributed by atoms with E-state index in [9.17, 15) is 4.79 Å². The summed E-state index contributed by atoms with van der Waals surface area (Å²) >= 11 is 0. The molecular formula is C17H29N3O. The highest BCUT2D eigenvalue weighted by Crippen LogP contribution is 2.14. The van der Waals surface area contributed by atoms with Gasteiger partial charge in [-0.15, -0.1) is 0 Å². The van der Waals surface area contributed by atoms with Gasteiger partial charge in [0.25, 0.3) is 0 Å². The van der Waals surface area contributed by atoms with E-state index in [0.29, 0.717) is 19.0 Å². The summed E-state index contributed by atoms with van der Waals surface area (Å²) in [4.78, 5) is 14.4. The maximum absolute atomic E-state index is 12.0. The molecule has 1 amide bonds. The lowest BCUT2D eigenvalue weighted by Crippen LogP contribution is -2.33. The van der Waals surface area contributed by atoms with E-state index in [2.05, 4.69) is 31.0 Å². The molecule has 21 heavy (non-hydrogen) atoms. The van der Waals surface area contributed by atoms with Crippen molar-refractivity contribution in [3.05, 3.63) is 29.8 Å². The summed E-state index contributed by atoms with van der Waals surface area (Å²) in [7, 11) is 0. The predicted octanol–water partition coefficient (Wildman–Crippen LogP) is 2.98. The van der Waals surface area contributed by atoms with E-state index in [1.807, 2.05) is 24.3 Å². The molecule has 1 unspecified atom stereocenters. The molecule has 0 aliphatic carbocycles. The summed E-state index contributed by atoms with van der Waals surface area (Å²) in [6.45, 7) is 9.05. The smallest absolute Gasteiger partial charge is 0.224 e. The number of amides is 1. The highest BCUT2D eigenvalue weighted by atomic mass is 16.1. The quantitative estimate of drug-likeness (QED) is 0.735. The Morgan fingerprint density at radius 1 is 1.33 bits per heavy atom. The molecule has 0 heterocycles. The fourth-order valence-corrected chi connectivity index (χ4v) is 2.42. The minimum atomic E-state index is 0.0658. The molecule has 0 aromatic heterocycles. The second-order valence-corrected chi connectivity index (χ2v) is 5.40. The molecule has 0 spiro atoms. The highest BCUT2D eigenvalue weighted by molar-refractivity contribution is 5.91. The van der Waals surface area contributed by atoms with E-state index in [1.165, 1.54) is 0 Å². The first-order valence-electron chi connectivity index (χ1n) is 7.94. The second kappa shape index (κ2) is 9.53. The van der Waals surface area contributed by atoms with E-state index in [1.54, 1.807) is 0 Å². The van der Waals surface area contributed by atoms with Crippen molar-refractivity contribution in [3.8, 4) is 0 Å². The van der Waals surface area contributed by atoms with Gasteiger partial charge < -0.3 is 16.0 Å². The fourth-order valence-electron chi connectivity index (χ4n) is 2.42. The summed E-state index contributed by atoms with van der Waals surface area (Å²) in [5.41, 5.74) is 7.48. The van der Waals surface area contributed by atoms with Crippen molar-refractivity contribution in [1.82, 2.24) is 4.90 Å². The minimum absolute atomic E-state index is 0.0658. The van der Waals surface area contributed by atoms with Crippen LogP contribution in [0.1, 0.15) is 45.6 Å². The molecule has 1 aromatic rings. The number of para-hydroxylation sites is 1. The van der Waals surface area contributed by atoms with Gasteiger partial charge in [0.15, 0.2) is 0 Å². The zero-order valence-corrected chi connectivity index (χ0v) is 13.6. The van der Waals surface area contributed by atoms with Crippen LogP contribution in [0.5, 0.6) is 0 Å². The maximum Gasteiger partial charge on any atom is 0.224 e. The summed E-state index contributed by atoms with van der Waals surface area (Å²) in [5, 5.41) is 2.96. The van der Waals surface area contributed by atoms with Gasteiger partial charge in [0, 0.05) is 24.7 Å². The van der Waals surface area contributed by atoms with E-state index in [4.69, 9.17) is 5.73 Å². The summed E-state index contributed by atoms with van der Waals surface area (Å²) in [5.74, 6) is 0.0658. The van der Waals surface area contributed by atoms with Gasteiger partial charge >= 0.3 is 0 Å². The molecule has 4 heteroatoms. The Bertz CT molecular complexity index is 434. The lowest BCUT2D eigenvalue weighted by atomic mass is 10.1. The van der Waals surface area contributed by atoms with Crippen molar-refractivity contribution in [1.29, 1.82) is 0 Å². The summed E-state index contributed by atoms with van der Waals surface area (Å²) < 4.78 is 0. The molecule has 118 valence electrons. The molecule has 0 aliphatic rings. The number of carbonyl (C=O) groups excluding carboxylic acids is 1. The van der Waals surface area contributed by atoms with Gasteiger partial charge in [0.05, 0.1) is 0 Å².